The van der Waals surface area contributed by atoms with Gasteiger partial charge < -0.3 is 16.0 Å². The number of aromatic amines is 2. The van der Waals surface area contributed by atoms with Crippen molar-refractivity contribution in [3.8, 4) is 0 Å². The van der Waals surface area contributed by atoms with Gasteiger partial charge in [-0.15, -0.1) is 5.10 Å². The van der Waals surface area contributed by atoms with Gasteiger partial charge in [-0.25, -0.2) is 0 Å². The van der Waals surface area contributed by atoms with E-state index in [2.05, 4.69) is 25.5 Å². The molecule has 0 saturated carbocycles. The summed E-state index contributed by atoms with van der Waals surface area (Å²) in [5, 5.41) is 8.97. The van der Waals surface area contributed by atoms with Gasteiger partial charge in [0, 0.05) is 12.6 Å². The number of Topliss-reactive ketones (excluding diaryl/α,β-unsaturated/α-hetero) is 1. The molecular formula is C12H16N6O2. The van der Waals surface area contributed by atoms with Crippen molar-refractivity contribution in [1.29, 1.82) is 0 Å². The van der Waals surface area contributed by atoms with Crippen LogP contribution in [-0.4, -0.2) is 31.9 Å². The lowest BCUT2D eigenvalue weighted by molar-refractivity contribution is 0.0948. The molecule has 0 aromatic carbocycles. The Morgan fingerprint density at radius 2 is 2.05 bits per heavy atom. The van der Waals surface area contributed by atoms with Crippen molar-refractivity contribution in [3.05, 3.63) is 28.3 Å². The summed E-state index contributed by atoms with van der Waals surface area (Å²) in [4.78, 5) is 30.4. The van der Waals surface area contributed by atoms with Crippen LogP contribution in [0, 0.1) is 13.8 Å². The van der Waals surface area contributed by atoms with E-state index in [-0.39, 0.29) is 24.2 Å². The van der Waals surface area contributed by atoms with Crippen LogP contribution in [0.4, 0.5) is 5.95 Å². The van der Waals surface area contributed by atoms with E-state index >= 15 is 0 Å². The molecule has 8 nitrogen and oxygen atoms in total. The Labute approximate surface area is 115 Å². The van der Waals surface area contributed by atoms with E-state index in [1.807, 2.05) is 0 Å². The zero-order valence-electron chi connectivity index (χ0n) is 11.5. The van der Waals surface area contributed by atoms with Crippen LogP contribution in [-0.2, 0) is 6.54 Å². The monoisotopic (exact) mass is 276 g/mol. The molecule has 0 radical (unpaired) electrons. The molecule has 5 N–H and O–H groups in total. The summed E-state index contributed by atoms with van der Waals surface area (Å²) in [6.07, 6.45) is 0. The Morgan fingerprint density at radius 1 is 1.35 bits per heavy atom. The maximum atomic E-state index is 12.2. The van der Waals surface area contributed by atoms with Crippen molar-refractivity contribution in [2.24, 2.45) is 0 Å². The number of aryl methyl sites for hydroxylation is 1. The zero-order chi connectivity index (χ0) is 14.9. The zero-order valence-corrected chi connectivity index (χ0v) is 11.5. The fraction of sp³-hybridized carbons (Fsp3) is 0.333. The summed E-state index contributed by atoms with van der Waals surface area (Å²) in [7, 11) is 0. The summed E-state index contributed by atoms with van der Waals surface area (Å²) in [5.41, 5.74) is 7.60. The molecule has 0 aliphatic rings. The third-order valence-corrected chi connectivity index (χ3v) is 2.98. The maximum absolute atomic E-state index is 12.2. The van der Waals surface area contributed by atoms with Gasteiger partial charge in [-0.05, 0) is 19.4 Å². The number of carbonyl (C=O) groups excluding carboxylic acids is 2. The molecule has 0 aliphatic carbocycles. The van der Waals surface area contributed by atoms with Crippen molar-refractivity contribution in [1.82, 2.24) is 25.5 Å². The third kappa shape index (κ3) is 2.53. The Bertz CT molecular complexity index is 670. The van der Waals surface area contributed by atoms with Crippen LogP contribution in [0.15, 0.2) is 0 Å². The number of carbonyl (C=O) groups is 2. The van der Waals surface area contributed by atoms with Gasteiger partial charge in [-0.1, -0.05) is 0 Å². The van der Waals surface area contributed by atoms with E-state index in [0.717, 1.165) is 0 Å². The minimum absolute atomic E-state index is 0.104. The third-order valence-electron chi connectivity index (χ3n) is 2.98. The predicted octanol–water partition coefficient (Wildman–Crippen LogP) is 0.464. The highest BCUT2D eigenvalue weighted by Gasteiger charge is 2.20. The lowest BCUT2D eigenvalue weighted by Gasteiger charge is -2.04. The first-order valence-corrected chi connectivity index (χ1v) is 6.05. The number of hydrogen-bond donors (Lipinski definition) is 4. The summed E-state index contributed by atoms with van der Waals surface area (Å²) in [6, 6.07) is 0. The number of amides is 1. The largest absolute Gasteiger partial charge is 0.367 e. The molecule has 2 aromatic heterocycles. The highest BCUT2D eigenvalue weighted by Crippen LogP contribution is 2.18. The molecule has 0 fully saturated rings. The Morgan fingerprint density at radius 3 is 2.55 bits per heavy atom. The molecule has 106 valence electrons. The number of aromatic nitrogens is 4. The minimum Gasteiger partial charge on any atom is -0.367 e. The van der Waals surface area contributed by atoms with E-state index in [0.29, 0.717) is 28.3 Å². The average molecular weight is 276 g/mol. The fourth-order valence-corrected chi connectivity index (χ4v) is 2.08. The van der Waals surface area contributed by atoms with Crippen molar-refractivity contribution < 1.29 is 9.59 Å². The molecule has 0 unspecified atom stereocenters. The number of nitrogens with two attached hydrogens (primary N) is 1. The molecule has 2 heterocycles. The van der Waals surface area contributed by atoms with Crippen LogP contribution < -0.4 is 11.1 Å². The molecule has 0 atom stereocenters. The highest BCUT2D eigenvalue weighted by molar-refractivity contribution is 6.02. The maximum Gasteiger partial charge on any atom is 0.253 e. The summed E-state index contributed by atoms with van der Waals surface area (Å²) in [6.45, 7) is 5.13. The second-order valence-corrected chi connectivity index (χ2v) is 4.50. The van der Waals surface area contributed by atoms with Gasteiger partial charge in [0.1, 0.15) is 5.82 Å². The van der Waals surface area contributed by atoms with Gasteiger partial charge in [0.2, 0.25) is 5.95 Å². The fourth-order valence-electron chi connectivity index (χ4n) is 2.08. The molecular weight excluding hydrogens is 260 g/mol. The van der Waals surface area contributed by atoms with Crippen LogP contribution in [0.25, 0.3) is 0 Å². The first-order chi connectivity index (χ1) is 9.40. The number of H-pyrrole nitrogens is 2. The average Bonchev–Trinajstić information content (AvgIpc) is 2.91. The molecule has 1 amide bonds. The Balaban J connectivity index is 2.15. The number of anilines is 1. The van der Waals surface area contributed by atoms with Crippen LogP contribution in [0.2, 0.25) is 0 Å². The standard InChI is InChI=1S/C12H16N6O2/c1-5-9(6(2)15-10(5)7(3)19)11(20)14-4-8-16-12(13)18-17-8/h15H,4H2,1-3H3,(H,14,20)(H3,13,16,17,18). The smallest absolute Gasteiger partial charge is 0.253 e. The second kappa shape index (κ2) is 5.16. The van der Waals surface area contributed by atoms with E-state index in [1.165, 1.54) is 6.92 Å². The highest BCUT2D eigenvalue weighted by atomic mass is 16.1. The Hall–Kier alpha value is -2.64. The number of rotatable bonds is 4. The van der Waals surface area contributed by atoms with Crippen molar-refractivity contribution in [2.75, 3.05) is 5.73 Å². The van der Waals surface area contributed by atoms with Crippen LogP contribution in [0.5, 0.6) is 0 Å². The Kier molecular flexibility index (Phi) is 3.55. The lowest BCUT2D eigenvalue weighted by Crippen LogP contribution is -2.24. The van der Waals surface area contributed by atoms with E-state index in [9.17, 15) is 9.59 Å². The molecule has 2 rings (SSSR count). The SMILES string of the molecule is CC(=O)c1[nH]c(C)c(C(=O)NCc2nc(N)n[nH]2)c1C. The van der Waals surface area contributed by atoms with Gasteiger partial charge in [0.25, 0.3) is 5.91 Å². The lowest BCUT2D eigenvalue weighted by atomic mass is 10.1. The summed E-state index contributed by atoms with van der Waals surface area (Å²) < 4.78 is 0. The molecule has 0 bridgehead atoms. The van der Waals surface area contributed by atoms with Crippen molar-refractivity contribution in [3.63, 3.8) is 0 Å². The quantitative estimate of drug-likeness (QED) is 0.603. The van der Waals surface area contributed by atoms with Crippen molar-refractivity contribution in [2.45, 2.75) is 27.3 Å². The molecule has 20 heavy (non-hydrogen) atoms. The summed E-state index contributed by atoms with van der Waals surface area (Å²) in [5.74, 6) is 0.210. The molecule has 0 aliphatic heterocycles. The van der Waals surface area contributed by atoms with Crippen LogP contribution in [0.1, 0.15) is 44.9 Å². The molecule has 0 spiro atoms. The van der Waals surface area contributed by atoms with Gasteiger partial charge in [0.15, 0.2) is 5.78 Å². The van der Waals surface area contributed by atoms with Gasteiger partial charge in [-0.2, -0.15) is 4.98 Å². The molecule has 8 heteroatoms. The van der Waals surface area contributed by atoms with Crippen LogP contribution >= 0.6 is 0 Å². The minimum atomic E-state index is -0.279. The number of ketones is 1. The number of nitrogens with zero attached hydrogens (tertiary/aromatic N) is 2. The number of hydrogen-bond acceptors (Lipinski definition) is 5. The predicted molar refractivity (Wildman–Crippen MR) is 72.2 cm³/mol. The summed E-state index contributed by atoms with van der Waals surface area (Å²) >= 11 is 0. The second-order valence-electron chi connectivity index (χ2n) is 4.50. The number of nitrogen functional groups attached to an aromatic ring is 1. The molecule has 2 aromatic rings. The van der Waals surface area contributed by atoms with Crippen LogP contribution in [0.3, 0.4) is 0 Å². The van der Waals surface area contributed by atoms with Gasteiger partial charge in [0.05, 0.1) is 17.8 Å². The normalized spacial score (nSPS) is 10.6. The topological polar surface area (TPSA) is 130 Å². The van der Waals surface area contributed by atoms with Gasteiger partial charge in [-0.3, -0.25) is 14.7 Å². The van der Waals surface area contributed by atoms with E-state index < -0.39 is 0 Å². The first-order valence-electron chi connectivity index (χ1n) is 6.05. The van der Waals surface area contributed by atoms with Gasteiger partial charge >= 0.3 is 0 Å². The van der Waals surface area contributed by atoms with E-state index in [4.69, 9.17) is 5.73 Å². The first kappa shape index (κ1) is 13.8. The van der Waals surface area contributed by atoms with E-state index in [1.54, 1.807) is 13.8 Å². The number of nitrogens with one attached hydrogen (secondary N) is 3. The van der Waals surface area contributed by atoms with Crippen molar-refractivity contribution >= 4 is 17.6 Å². The molecule has 0 saturated heterocycles.